The summed E-state index contributed by atoms with van der Waals surface area (Å²) in [7, 11) is 0. The Morgan fingerprint density at radius 3 is 2.58 bits per heavy atom. The molecule has 0 saturated heterocycles. The molecular formula is C6H6F2N2O2. The minimum absolute atomic E-state index is 0.715. The molecule has 0 aliphatic carbocycles. The molecule has 1 heterocycles. The molecule has 0 radical (unpaired) electrons. The number of hydrogen-bond acceptors (Lipinski definition) is 2. The summed E-state index contributed by atoms with van der Waals surface area (Å²) in [4.78, 5) is 10.3. The van der Waals surface area contributed by atoms with Crippen LogP contribution >= 0.6 is 0 Å². The molecule has 0 fully saturated rings. The number of carboxylic acid groups (broad SMARTS) is 1. The van der Waals surface area contributed by atoms with E-state index in [1.807, 2.05) is 0 Å². The van der Waals surface area contributed by atoms with Crippen molar-refractivity contribution in [1.29, 1.82) is 0 Å². The summed E-state index contributed by atoms with van der Waals surface area (Å²) < 4.78 is 24.9. The highest BCUT2D eigenvalue weighted by Crippen LogP contribution is 2.14. The standard InChI is InChI=1S/C6H6F2N2O2/c7-5(8)4(6(11)12)10-3-1-2-9-10/h1-5H,(H,11,12)/t4-/m1/s1. The molecule has 6 heteroatoms. The highest BCUT2D eigenvalue weighted by molar-refractivity contribution is 5.72. The molecule has 1 N–H and O–H groups in total. The van der Waals surface area contributed by atoms with Gasteiger partial charge in [0.1, 0.15) is 0 Å². The van der Waals surface area contributed by atoms with Crippen molar-refractivity contribution in [2.24, 2.45) is 0 Å². The lowest BCUT2D eigenvalue weighted by molar-refractivity contribution is -0.146. The van der Waals surface area contributed by atoms with Crippen LogP contribution in [0.4, 0.5) is 8.78 Å². The van der Waals surface area contributed by atoms with Gasteiger partial charge >= 0.3 is 5.97 Å². The van der Waals surface area contributed by atoms with E-state index in [2.05, 4.69) is 5.10 Å². The summed E-state index contributed by atoms with van der Waals surface area (Å²) >= 11 is 0. The molecule has 0 unspecified atom stereocenters. The van der Waals surface area contributed by atoms with Gasteiger partial charge in [-0.15, -0.1) is 0 Å². The first-order valence-corrected chi connectivity index (χ1v) is 3.13. The Morgan fingerprint density at radius 1 is 1.58 bits per heavy atom. The van der Waals surface area contributed by atoms with Crippen LogP contribution in [-0.2, 0) is 4.79 Å². The molecule has 0 aliphatic heterocycles. The van der Waals surface area contributed by atoms with Crippen LogP contribution in [0.3, 0.4) is 0 Å². The van der Waals surface area contributed by atoms with Gasteiger partial charge in [-0.1, -0.05) is 0 Å². The molecule has 0 bridgehead atoms. The second kappa shape index (κ2) is 3.29. The molecule has 1 atom stereocenters. The monoisotopic (exact) mass is 176 g/mol. The Balaban J connectivity index is 2.88. The van der Waals surface area contributed by atoms with Crippen molar-refractivity contribution in [3.05, 3.63) is 18.5 Å². The van der Waals surface area contributed by atoms with Crippen molar-refractivity contribution >= 4 is 5.97 Å². The summed E-state index contributed by atoms with van der Waals surface area (Å²) in [6.07, 6.45) is -0.522. The van der Waals surface area contributed by atoms with Gasteiger partial charge in [0, 0.05) is 12.4 Å². The molecule has 12 heavy (non-hydrogen) atoms. The fraction of sp³-hybridized carbons (Fsp3) is 0.333. The number of carbonyl (C=O) groups is 1. The van der Waals surface area contributed by atoms with E-state index in [1.165, 1.54) is 18.5 Å². The number of halogens is 2. The molecule has 1 rings (SSSR count). The normalized spacial score (nSPS) is 13.2. The SMILES string of the molecule is O=C(O)[C@@H](C(F)F)n1cccn1. The third-order valence-corrected chi connectivity index (χ3v) is 1.30. The second-order valence-electron chi connectivity index (χ2n) is 2.10. The lowest BCUT2D eigenvalue weighted by Gasteiger charge is -2.10. The summed E-state index contributed by atoms with van der Waals surface area (Å²) in [5.74, 6) is -1.59. The first kappa shape index (κ1) is 8.63. The maximum atomic E-state index is 12.1. The van der Waals surface area contributed by atoms with E-state index in [9.17, 15) is 13.6 Å². The molecular weight excluding hydrogens is 170 g/mol. The summed E-state index contributed by atoms with van der Waals surface area (Å²) in [6, 6.07) is -0.502. The molecule has 66 valence electrons. The first-order valence-electron chi connectivity index (χ1n) is 3.13. The minimum Gasteiger partial charge on any atom is -0.479 e. The van der Waals surface area contributed by atoms with Crippen LogP contribution in [0.1, 0.15) is 6.04 Å². The molecule has 1 aromatic rings. The number of rotatable bonds is 3. The first-order chi connectivity index (χ1) is 5.63. The van der Waals surface area contributed by atoms with Gasteiger partial charge in [-0.05, 0) is 6.07 Å². The van der Waals surface area contributed by atoms with Crippen LogP contribution in [0.2, 0.25) is 0 Å². The Labute approximate surface area is 66.4 Å². The Kier molecular flexibility index (Phi) is 2.37. The van der Waals surface area contributed by atoms with Crippen LogP contribution < -0.4 is 0 Å². The van der Waals surface area contributed by atoms with Gasteiger partial charge in [0.25, 0.3) is 6.43 Å². The van der Waals surface area contributed by atoms with Crippen molar-refractivity contribution in [3.63, 3.8) is 0 Å². The topological polar surface area (TPSA) is 55.1 Å². The third-order valence-electron chi connectivity index (χ3n) is 1.30. The van der Waals surface area contributed by atoms with Crippen LogP contribution in [0.15, 0.2) is 18.5 Å². The Morgan fingerprint density at radius 2 is 2.25 bits per heavy atom. The highest BCUT2D eigenvalue weighted by atomic mass is 19.3. The number of aromatic nitrogens is 2. The van der Waals surface area contributed by atoms with Crippen LogP contribution in [0.5, 0.6) is 0 Å². The summed E-state index contributed by atoms with van der Waals surface area (Å²) in [5.41, 5.74) is 0. The zero-order valence-corrected chi connectivity index (χ0v) is 5.89. The van der Waals surface area contributed by atoms with Crippen molar-refractivity contribution in [3.8, 4) is 0 Å². The summed E-state index contributed by atoms with van der Waals surface area (Å²) in [6.45, 7) is 0. The van der Waals surface area contributed by atoms with Gasteiger partial charge in [0.05, 0.1) is 0 Å². The van der Waals surface area contributed by atoms with E-state index in [0.717, 1.165) is 0 Å². The number of nitrogens with zero attached hydrogens (tertiary/aromatic N) is 2. The van der Waals surface area contributed by atoms with Gasteiger partial charge in [0.2, 0.25) is 6.04 Å². The van der Waals surface area contributed by atoms with Gasteiger partial charge in [-0.3, -0.25) is 4.68 Å². The maximum absolute atomic E-state index is 12.1. The number of aliphatic carboxylic acids is 1. The Hall–Kier alpha value is -1.46. The predicted octanol–water partition coefficient (Wildman–Crippen LogP) is 0.774. The fourth-order valence-electron chi connectivity index (χ4n) is 0.782. The zero-order valence-electron chi connectivity index (χ0n) is 5.89. The van der Waals surface area contributed by atoms with Crippen molar-refractivity contribution in [1.82, 2.24) is 9.78 Å². The largest absolute Gasteiger partial charge is 0.479 e. The van der Waals surface area contributed by atoms with E-state index in [-0.39, 0.29) is 0 Å². The van der Waals surface area contributed by atoms with Crippen LogP contribution in [0.25, 0.3) is 0 Å². The molecule has 0 aromatic carbocycles. The van der Waals surface area contributed by atoms with Crippen molar-refractivity contribution < 1.29 is 18.7 Å². The Bertz CT molecular complexity index is 261. The predicted molar refractivity (Wildman–Crippen MR) is 34.9 cm³/mol. The van der Waals surface area contributed by atoms with Gasteiger partial charge in [0.15, 0.2) is 0 Å². The van der Waals surface area contributed by atoms with Gasteiger partial charge < -0.3 is 5.11 Å². The molecule has 1 aromatic heterocycles. The average Bonchev–Trinajstić information content (AvgIpc) is 2.37. The van der Waals surface area contributed by atoms with E-state index < -0.39 is 18.4 Å². The van der Waals surface area contributed by atoms with E-state index in [1.54, 1.807) is 0 Å². The minimum atomic E-state index is -2.96. The van der Waals surface area contributed by atoms with Crippen molar-refractivity contribution in [2.45, 2.75) is 12.5 Å². The number of hydrogen-bond donors (Lipinski definition) is 1. The van der Waals surface area contributed by atoms with Gasteiger partial charge in [-0.2, -0.15) is 5.10 Å². The smallest absolute Gasteiger partial charge is 0.334 e. The summed E-state index contributed by atoms with van der Waals surface area (Å²) in [5, 5.41) is 11.8. The quantitative estimate of drug-likeness (QED) is 0.740. The second-order valence-corrected chi connectivity index (χ2v) is 2.10. The van der Waals surface area contributed by atoms with E-state index >= 15 is 0 Å². The lowest BCUT2D eigenvalue weighted by Crippen LogP contribution is -2.26. The zero-order chi connectivity index (χ0) is 9.14. The molecule has 4 nitrogen and oxygen atoms in total. The highest BCUT2D eigenvalue weighted by Gasteiger charge is 2.29. The lowest BCUT2D eigenvalue weighted by atomic mass is 10.3. The van der Waals surface area contributed by atoms with Gasteiger partial charge in [-0.25, -0.2) is 13.6 Å². The molecule has 0 aliphatic rings. The molecule has 0 spiro atoms. The van der Waals surface area contributed by atoms with E-state index in [0.29, 0.717) is 4.68 Å². The average molecular weight is 176 g/mol. The van der Waals surface area contributed by atoms with Crippen LogP contribution in [-0.4, -0.2) is 27.3 Å². The molecule has 0 amide bonds. The molecule has 0 saturated carbocycles. The number of alkyl halides is 2. The van der Waals surface area contributed by atoms with E-state index in [4.69, 9.17) is 5.11 Å². The number of carboxylic acids is 1. The van der Waals surface area contributed by atoms with Crippen LogP contribution in [0, 0.1) is 0 Å². The third kappa shape index (κ3) is 1.58. The maximum Gasteiger partial charge on any atom is 0.334 e. The van der Waals surface area contributed by atoms with Crippen molar-refractivity contribution in [2.75, 3.05) is 0 Å². The fourth-order valence-corrected chi connectivity index (χ4v) is 0.782.